The Morgan fingerprint density at radius 2 is 2.06 bits per heavy atom. The SMILES string of the molecule is CNCC(O)COc1cc(OC)cc(-c2cc(N[C@@H]3CCOC3)n3ncc(C(C)C)c3n2)c1. The number of aliphatic hydroxyl groups is 1. The van der Waals surface area contributed by atoms with E-state index in [1.165, 1.54) is 0 Å². The van der Waals surface area contributed by atoms with Crippen LogP contribution in [-0.4, -0.2) is 72.4 Å². The molecule has 0 saturated carbocycles. The third-order valence-electron chi connectivity index (χ3n) is 5.70. The first-order valence-corrected chi connectivity index (χ1v) is 11.4. The molecule has 0 radical (unpaired) electrons. The second-order valence-electron chi connectivity index (χ2n) is 8.64. The molecular weight excluding hydrogens is 422 g/mol. The summed E-state index contributed by atoms with van der Waals surface area (Å²) in [6, 6.07) is 7.89. The van der Waals surface area contributed by atoms with Crippen molar-refractivity contribution in [3.63, 3.8) is 0 Å². The van der Waals surface area contributed by atoms with Crippen LogP contribution >= 0.6 is 0 Å². The summed E-state index contributed by atoms with van der Waals surface area (Å²) in [5, 5.41) is 21.1. The van der Waals surface area contributed by atoms with Gasteiger partial charge < -0.3 is 30.0 Å². The molecule has 33 heavy (non-hydrogen) atoms. The van der Waals surface area contributed by atoms with Gasteiger partial charge in [0.1, 0.15) is 30.0 Å². The number of anilines is 1. The summed E-state index contributed by atoms with van der Waals surface area (Å²) in [5.74, 6) is 2.42. The topological polar surface area (TPSA) is 102 Å². The largest absolute Gasteiger partial charge is 0.497 e. The standard InChI is InChI=1S/C24H33N5O4/c1-15(2)21-12-26-29-23(27-17-5-6-32-13-17)10-22(28-24(21)29)16-7-19(31-4)9-20(8-16)33-14-18(30)11-25-3/h7-10,12,15,17-18,25,27,30H,5-6,11,13-14H2,1-4H3/t17-,18?/m1/s1. The van der Waals surface area contributed by atoms with Crippen LogP contribution in [0.15, 0.2) is 30.5 Å². The molecule has 3 aromatic rings. The van der Waals surface area contributed by atoms with Crippen LogP contribution in [0.4, 0.5) is 5.82 Å². The number of ether oxygens (including phenoxy) is 3. The van der Waals surface area contributed by atoms with Crippen molar-refractivity contribution in [2.75, 3.05) is 45.8 Å². The zero-order valence-electron chi connectivity index (χ0n) is 19.7. The summed E-state index contributed by atoms with van der Waals surface area (Å²) in [6.07, 6.45) is 2.23. The first kappa shape index (κ1) is 23.3. The maximum absolute atomic E-state index is 10.0. The first-order valence-electron chi connectivity index (χ1n) is 11.4. The van der Waals surface area contributed by atoms with E-state index in [-0.39, 0.29) is 18.6 Å². The Kier molecular flexibility index (Phi) is 7.32. The lowest BCUT2D eigenvalue weighted by Gasteiger charge is -2.16. The van der Waals surface area contributed by atoms with Crippen molar-refractivity contribution < 1.29 is 19.3 Å². The molecule has 1 aliphatic heterocycles. The number of aromatic nitrogens is 3. The van der Waals surface area contributed by atoms with Crippen molar-refractivity contribution in [3.05, 3.63) is 36.0 Å². The average molecular weight is 456 g/mol. The molecule has 1 fully saturated rings. The van der Waals surface area contributed by atoms with Gasteiger partial charge in [-0.25, -0.2) is 4.98 Å². The number of likely N-dealkylation sites (N-methyl/N-ethyl adjacent to an activating group) is 1. The van der Waals surface area contributed by atoms with Crippen molar-refractivity contribution >= 4 is 11.5 Å². The van der Waals surface area contributed by atoms with Crippen LogP contribution in [0.25, 0.3) is 16.9 Å². The van der Waals surface area contributed by atoms with Gasteiger partial charge >= 0.3 is 0 Å². The summed E-state index contributed by atoms with van der Waals surface area (Å²) >= 11 is 0. The zero-order chi connectivity index (χ0) is 23.4. The highest BCUT2D eigenvalue weighted by atomic mass is 16.5. The normalized spacial score (nSPS) is 17.0. The van der Waals surface area contributed by atoms with Crippen LogP contribution in [0.2, 0.25) is 0 Å². The molecule has 4 rings (SSSR count). The first-order chi connectivity index (χ1) is 16.0. The van der Waals surface area contributed by atoms with Crippen LogP contribution in [0.3, 0.4) is 0 Å². The fourth-order valence-electron chi connectivity index (χ4n) is 3.90. The second kappa shape index (κ2) is 10.4. The molecule has 3 heterocycles. The molecule has 1 aliphatic rings. The number of nitrogens with zero attached hydrogens (tertiary/aromatic N) is 3. The number of fused-ring (bicyclic) bond motifs is 1. The molecule has 0 bridgehead atoms. The van der Waals surface area contributed by atoms with Gasteiger partial charge in [0.2, 0.25) is 0 Å². The number of hydrogen-bond acceptors (Lipinski definition) is 8. The van der Waals surface area contributed by atoms with E-state index >= 15 is 0 Å². The van der Waals surface area contributed by atoms with Gasteiger partial charge in [0.25, 0.3) is 0 Å². The molecule has 0 spiro atoms. The van der Waals surface area contributed by atoms with Gasteiger partial charge in [0.05, 0.1) is 31.6 Å². The van der Waals surface area contributed by atoms with Crippen molar-refractivity contribution in [1.82, 2.24) is 19.9 Å². The molecular formula is C24H33N5O4. The van der Waals surface area contributed by atoms with Crippen molar-refractivity contribution in [2.24, 2.45) is 0 Å². The van der Waals surface area contributed by atoms with Gasteiger partial charge in [0.15, 0.2) is 5.65 Å². The fraction of sp³-hybridized carbons (Fsp3) is 0.500. The molecule has 1 aromatic carbocycles. The lowest BCUT2D eigenvalue weighted by atomic mass is 10.1. The van der Waals surface area contributed by atoms with Crippen LogP contribution in [-0.2, 0) is 4.74 Å². The van der Waals surface area contributed by atoms with E-state index in [9.17, 15) is 5.11 Å². The van der Waals surface area contributed by atoms with E-state index in [4.69, 9.17) is 19.2 Å². The number of methoxy groups -OCH3 is 1. The third kappa shape index (κ3) is 5.38. The summed E-state index contributed by atoms with van der Waals surface area (Å²) in [7, 11) is 3.41. The number of hydrogen-bond donors (Lipinski definition) is 3. The minimum Gasteiger partial charge on any atom is -0.497 e. The van der Waals surface area contributed by atoms with E-state index < -0.39 is 6.10 Å². The number of nitrogens with one attached hydrogen (secondary N) is 2. The molecule has 9 heteroatoms. The summed E-state index contributed by atoms with van der Waals surface area (Å²) in [6.45, 7) is 6.33. The predicted octanol–water partition coefficient (Wildman–Crippen LogP) is 2.69. The molecule has 0 amide bonds. The molecule has 1 saturated heterocycles. The second-order valence-corrected chi connectivity index (χ2v) is 8.64. The smallest absolute Gasteiger partial charge is 0.161 e. The predicted molar refractivity (Wildman–Crippen MR) is 127 cm³/mol. The van der Waals surface area contributed by atoms with Crippen LogP contribution in [0, 0.1) is 0 Å². The van der Waals surface area contributed by atoms with Crippen LogP contribution in [0.1, 0.15) is 31.7 Å². The summed E-state index contributed by atoms with van der Waals surface area (Å²) in [5.41, 5.74) is 3.54. The maximum atomic E-state index is 10.0. The highest BCUT2D eigenvalue weighted by molar-refractivity contribution is 5.70. The zero-order valence-corrected chi connectivity index (χ0v) is 19.7. The highest BCUT2D eigenvalue weighted by Crippen LogP contribution is 2.32. The third-order valence-corrected chi connectivity index (χ3v) is 5.70. The van der Waals surface area contributed by atoms with E-state index in [0.29, 0.717) is 24.7 Å². The average Bonchev–Trinajstić information content (AvgIpc) is 3.47. The summed E-state index contributed by atoms with van der Waals surface area (Å²) < 4.78 is 18.8. The Bertz CT molecular complexity index is 1080. The van der Waals surface area contributed by atoms with Gasteiger partial charge in [-0.3, -0.25) is 0 Å². The molecule has 1 unspecified atom stereocenters. The molecule has 2 aromatic heterocycles. The maximum Gasteiger partial charge on any atom is 0.161 e. The monoisotopic (exact) mass is 455 g/mol. The quantitative estimate of drug-likeness (QED) is 0.429. The van der Waals surface area contributed by atoms with E-state index in [1.807, 2.05) is 35.0 Å². The van der Waals surface area contributed by atoms with Gasteiger partial charge in [-0.2, -0.15) is 9.61 Å². The van der Waals surface area contributed by atoms with E-state index in [1.54, 1.807) is 14.2 Å². The Morgan fingerprint density at radius 3 is 2.76 bits per heavy atom. The van der Waals surface area contributed by atoms with E-state index in [0.717, 1.165) is 41.3 Å². The van der Waals surface area contributed by atoms with Gasteiger partial charge in [-0.1, -0.05) is 13.8 Å². The summed E-state index contributed by atoms with van der Waals surface area (Å²) in [4.78, 5) is 4.96. The van der Waals surface area contributed by atoms with Crippen molar-refractivity contribution in [2.45, 2.75) is 38.3 Å². The highest BCUT2D eigenvalue weighted by Gasteiger charge is 2.20. The van der Waals surface area contributed by atoms with Crippen LogP contribution < -0.4 is 20.1 Å². The van der Waals surface area contributed by atoms with Crippen LogP contribution in [0.5, 0.6) is 11.5 Å². The lowest BCUT2D eigenvalue weighted by molar-refractivity contribution is 0.108. The molecule has 178 valence electrons. The molecule has 0 aliphatic carbocycles. The van der Waals surface area contributed by atoms with Gasteiger partial charge in [-0.15, -0.1) is 0 Å². The van der Waals surface area contributed by atoms with Gasteiger partial charge in [0, 0.05) is 36.4 Å². The Balaban J connectivity index is 1.74. The Labute approximate surface area is 194 Å². The minimum absolute atomic E-state index is 0.175. The Morgan fingerprint density at radius 1 is 1.24 bits per heavy atom. The van der Waals surface area contributed by atoms with Crippen molar-refractivity contribution in [3.8, 4) is 22.8 Å². The Hall–Kier alpha value is -2.88. The molecule has 3 N–H and O–H groups in total. The van der Waals surface area contributed by atoms with Gasteiger partial charge in [-0.05, 0) is 31.5 Å². The molecule has 2 atom stereocenters. The van der Waals surface area contributed by atoms with E-state index in [2.05, 4.69) is 29.6 Å². The number of rotatable bonds is 10. The number of aliphatic hydroxyl groups excluding tert-OH is 1. The fourth-order valence-corrected chi connectivity index (χ4v) is 3.90. The van der Waals surface area contributed by atoms with Crippen molar-refractivity contribution in [1.29, 1.82) is 0 Å². The lowest BCUT2D eigenvalue weighted by Crippen LogP contribution is -2.29. The minimum atomic E-state index is -0.607. The molecule has 9 nitrogen and oxygen atoms in total. The number of benzene rings is 1.